The molecule has 0 bridgehead atoms. The van der Waals surface area contributed by atoms with Crippen LogP contribution < -0.4 is 10.5 Å². The van der Waals surface area contributed by atoms with Crippen LogP contribution >= 0.6 is 11.6 Å². The molecule has 0 atom stereocenters. The number of pyridine rings is 1. The van der Waals surface area contributed by atoms with Crippen LogP contribution in [0.4, 0.5) is 0 Å². The Hall–Kier alpha value is -1.58. The molecule has 2 rings (SSSR count). The lowest BCUT2D eigenvalue weighted by atomic mass is 10.3. The van der Waals surface area contributed by atoms with E-state index in [0.29, 0.717) is 23.2 Å². The predicted octanol–water partition coefficient (Wildman–Crippen LogP) is 2.99. The van der Waals surface area contributed by atoms with E-state index in [9.17, 15) is 0 Å². The number of aromatic nitrogens is 1. The molecule has 0 amide bonds. The minimum absolute atomic E-state index is 0.467. The van der Waals surface area contributed by atoms with E-state index < -0.39 is 0 Å². The summed E-state index contributed by atoms with van der Waals surface area (Å²) in [6, 6.07) is 10.8. The SMILES string of the molecule is NCc1ccnc(Oc2cccc(Cl)c2)c1. The van der Waals surface area contributed by atoms with Crippen molar-refractivity contribution < 1.29 is 4.74 Å². The van der Waals surface area contributed by atoms with Crippen LogP contribution in [0, 0.1) is 0 Å². The van der Waals surface area contributed by atoms with Crippen LogP contribution in [-0.2, 0) is 6.54 Å². The molecule has 82 valence electrons. The minimum Gasteiger partial charge on any atom is -0.439 e. The molecule has 0 spiro atoms. The molecule has 2 aromatic rings. The van der Waals surface area contributed by atoms with Gasteiger partial charge < -0.3 is 10.5 Å². The van der Waals surface area contributed by atoms with Gasteiger partial charge >= 0.3 is 0 Å². The highest BCUT2D eigenvalue weighted by molar-refractivity contribution is 6.30. The van der Waals surface area contributed by atoms with Gasteiger partial charge in [0.2, 0.25) is 5.88 Å². The van der Waals surface area contributed by atoms with Crippen LogP contribution in [0.15, 0.2) is 42.6 Å². The van der Waals surface area contributed by atoms with Crippen LogP contribution in [0.5, 0.6) is 11.6 Å². The topological polar surface area (TPSA) is 48.1 Å². The maximum Gasteiger partial charge on any atom is 0.219 e. The van der Waals surface area contributed by atoms with Gasteiger partial charge in [-0.25, -0.2) is 4.98 Å². The Morgan fingerprint density at radius 3 is 2.88 bits per heavy atom. The molecule has 0 aliphatic heterocycles. The first kappa shape index (κ1) is 10.9. The van der Waals surface area contributed by atoms with Crippen LogP contribution in [0.1, 0.15) is 5.56 Å². The molecular formula is C12H11ClN2O. The van der Waals surface area contributed by atoms with Gasteiger partial charge in [-0.15, -0.1) is 0 Å². The van der Waals surface area contributed by atoms with Crippen molar-refractivity contribution in [3.63, 3.8) is 0 Å². The highest BCUT2D eigenvalue weighted by Crippen LogP contribution is 2.22. The minimum atomic E-state index is 0.467. The molecule has 16 heavy (non-hydrogen) atoms. The maximum atomic E-state index is 5.85. The Labute approximate surface area is 98.8 Å². The first-order valence-electron chi connectivity index (χ1n) is 4.86. The molecule has 2 N–H and O–H groups in total. The van der Waals surface area contributed by atoms with Gasteiger partial charge in [0.25, 0.3) is 0 Å². The summed E-state index contributed by atoms with van der Waals surface area (Å²) < 4.78 is 5.55. The third kappa shape index (κ3) is 2.72. The molecular weight excluding hydrogens is 224 g/mol. The highest BCUT2D eigenvalue weighted by Gasteiger charge is 2.00. The van der Waals surface area contributed by atoms with Crippen molar-refractivity contribution >= 4 is 11.6 Å². The van der Waals surface area contributed by atoms with E-state index in [1.54, 1.807) is 24.4 Å². The fraction of sp³-hybridized carbons (Fsp3) is 0.0833. The van der Waals surface area contributed by atoms with Crippen molar-refractivity contribution in [2.45, 2.75) is 6.54 Å². The quantitative estimate of drug-likeness (QED) is 0.888. The van der Waals surface area contributed by atoms with Gasteiger partial charge in [0.1, 0.15) is 5.75 Å². The molecule has 0 aliphatic carbocycles. The Kier molecular flexibility index (Phi) is 3.39. The fourth-order valence-electron chi connectivity index (χ4n) is 1.28. The smallest absolute Gasteiger partial charge is 0.219 e. The third-order valence-corrected chi connectivity index (χ3v) is 2.29. The second-order valence-electron chi connectivity index (χ2n) is 3.27. The van der Waals surface area contributed by atoms with Crippen LogP contribution in [0.2, 0.25) is 5.02 Å². The molecule has 0 radical (unpaired) electrons. The predicted molar refractivity (Wildman–Crippen MR) is 63.7 cm³/mol. The van der Waals surface area contributed by atoms with Crippen molar-refractivity contribution in [2.24, 2.45) is 5.73 Å². The van der Waals surface area contributed by atoms with Gasteiger partial charge in [0, 0.05) is 23.8 Å². The molecule has 0 aliphatic rings. The standard InChI is InChI=1S/C12H11ClN2O/c13-10-2-1-3-11(7-10)16-12-6-9(8-14)4-5-15-12/h1-7H,8,14H2. The van der Waals surface area contributed by atoms with Gasteiger partial charge in [0.05, 0.1) is 0 Å². The number of nitrogens with two attached hydrogens (primary N) is 1. The summed E-state index contributed by atoms with van der Waals surface area (Å²) in [4.78, 5) is 4.09. The number of ether oxygens (including phenoxy) is 1. The largest absolute Gasteiger partial charge is 0.439 e. The van der Waals surface area contributed by atoms with Gasteiger partial charge in [-0.2, -0.15) is 0 Å². The van der Waals surface area contributed by atoms with Crippen LogP contribution in [0.25, 0.3) is 0 Å². The average Bonchev–Trinajstić information content (AvgIpc) is 2.29. The van der Waals surface area contributed by atoms with Gasteiger partial charge in [0.15, 0.2) is 0 Å². The summed E-state index contributed by atoms with van der Waals surface area (Å²) in [6.07, 6.45) is 1.67. The molecule has 0 fully saturated rings. The molecule has 0 saturated heterocycles. The molecule has 0 unspecified atom stereocenters. The summed E-state index contributed by atoms with van der Waals surface area (Å²) in [5.41, 5.74) is 6.51. The number of nitrogens with zero attached hydrogens (tertiary/aromatic N) is 1. The van der Waals surface area contributed by atoms with Crippen molar-refractivity contribution in [1.82, 2.24) is 4.98 Å². The van der Waals surface area contributed by atoms with Crippen LogP contribution in [-0.4, -0.2) is 4.98 Å². The molecule has 1 heterocycles. The molecule has 1 aromatic carbocycles. The highest BCUT2D eigenvalue weighted by atomic mass is 35.5. The van der Waals surface area contributed by atoms with Crippen molar-refractivity contribution in [3.05, 3.63) is 53.2 Å². The van der Waals surface area contributed by atoms with Crippen molar-refractivity contribution in [2.75, 3.05) is 0 Å². The zero-order valence-electron chi connectivity index (χ0n) is 8.56. The second kappa shape index (κ2) is 4.96. The van der Waals surface area contributed by atoms with E-state index in [1.807, 2.05) is 18.2 Å². The van der Waals surface area contributed by atoms with E-state index in [2.05, 4.69) is 4.98 Å². The fourth-order valence-corrected chi connectivity index (χ4v) is 1.46. The summed E-state index contributed by atoms with van der Waals surface area (Å²) in [7, 11) is 0. The molecule has 0 saturated carbocycles. The van der Waals surface area contributed by atoms with E-state index >= 15 is 0 Å². The zero-order valence-corrected chi connectivity index (χ0v) is 9.32. The van der Waals surface area contributed by atoms with E-state index in [0.717, 1.165) is 5.56 Å². The van der Waals surface area contributed by atoms with E-state index in [1.165, 1.54) is 0 Å². The van der Waals surface area contributed by atoms with E-state index in [-0.39, 0.29) is 0 Å². The third-order valence-electron chi connectivity index (χ3n) is 2.05. The lowest BCUT2D eigenvalue weighted by Crippen LogP contribution is -1.97. The number of hydrogen-bond acceptors (Lipinski definition) is 3. The summed E-state index contributed by atoms with van der Waals surface area (Å²) in [6.45, 7) is 0.467. The Morgan fingerprint density at radius 2 is 2.12 bits per heavy atom. The normalized spacial score (nSPS) is 10.1. The summed E-state index contributed by atoms with van der Waals surface area (Å²) >= 11 is 5.85. The molecule has 3 nitrogen and oxygen atoms in total. The summed E-state index contributed by atoms with van der Waals surface area (Å²) in [5.74, 6) is 1.18. The van der Waals surface area contributed by atoms with Crippen LogP contribution in [0.3, 0.4) is 0 Å². The molecule has 1 aromatic heterocycles. The second-order valence-corrected chi connectivity index (χ2v) is 3.70. The first-order chi connectivity index (χ1) is 7.78. The monoisotopic (exact) mass is 234 g/mol. The Bertz CT molecular complexity index is 488. The van der Waals surface area contributed by atoms with Crippen molar-refractivity contribution in [1.29, 1.82) is 0 Å². The number of rotatable bonds is 3. The van der Waals surface area contributed by atoms with Gasteiger partial charge in [-0.05, 0) is 29.8 Å². The molecule has 4 heteroatoms. The van der Waals surface area contributed by atoms with Gasteiger partial charge in [-0.1, -0.05) is 17.7 Å². The van der Waals surface area contributed by atoms with Crippen molar-refractivity contribution in [3.8, 4) is 11.6 Å². The number of benzene rings is 1. The van der Waals surface area contributed by atoms with E-state index in [4.69, 9.17) is 22.1 Å². The maximum absolute atomic E-state index is 5.85. The number of halogens is 1. The lowest BCUT2D eigenvalue weighted by Gasteiger charge is -2.05. The Morgan fingerprint density at radius 1 is 1.25 bits per heavy atom. The van der Waals surface area contributed by atoms with Gasteiger partial charge in [-0.3, -0.25) is 0 Å². The first-order valence-corrected chi connectivity index (χ1v) is 5.24. The Balaban J connectivity index is 2.20. The number of hydrogen-bond donors (Lipinski definition) is 1. The lowest BCUT2D eigenvalue weighted by molar-refractivity contribution is 0.462. The average molecular weight is 235 g/mol. The summed E-state index contributed by atoms with van der Waals surface area (Å²) in [5, 5.41) is 0.632. The zero-order chi connectivity index (χ0) is 11.4.